The quantitative estimate of drug-likeness (QED) is 0.424. The Hall–Kier alpha value is -4.73. The van der Waals surface area contributed by atoms with Gasteiger partial charge in [0.1, 0.15) is 5.75 Å². The molecule has 1 fully saturated rings. The van der Waals surface area contributed by atoms with E-state index in [-0.39, 0.29) is 24.5 Å². The fourth-order valence-corrected chi connectivity index (χ4v) is 5.26. The summed E-state index contributed by atoms with van der Waals surface area (Å²) in [7, 11) is 1.60. The second kappa shape index (κ2) is 12.8. The number of amides is 3. The number of hydrogen-bond donors (Lipinski definition) is 1. The fraction of sp³-hybridized carbons (Fsp3) is 0.344. The van der Waals surface area contributed by atoms with E-state index in [1.807, 2.05) is 30.9 Å². The summed E-state index contributed by atoms with van der Waals surface area (Å²) in [5, 5.41) is 2.92. The highest BCUT2D eigenvalue weighted by Gasteiger charge is 2.25. The minimum atomic E-state index is -0.315. The van der Waals surface area contributed by atoms with Crippen LogP contribution in [-0.2, 0) is 0 Å². The molecule has 2 aliphatic rings. The molecule has 1 saturated heterocycles. The standard InChI is InChI=1S/C32H36N4O6/c1-4-34(5-2)32(39)26-20-24(33-30(37)23-9-14-28-29(19-23)42-21-41-28)10-13-27(26)35-15-6-16-36(18-17-35)31(38)22-7-11-25(40-3)12-8-22/h7-14,19-20H,4-6,15-18,21H2,1-3H3,(H,33,37). The summed E-state index contributed by atoms with van der Waals surface area (Å²) in [5.74, 6) is 1.38. The van der Waals surface area contributed by atoms with Crippen LogP contribution in [0.5, 0.6) is 17.2 Å². The van der Waals surface area contributed by atoms with Crippen molar-refractivity contribution in [1.29, 1.82) is 0 Å². The predicted molar refractivity (Wildman–Crippen MR) is 160 cm³/mol. The van der Waals surface area contributed by atoms with Gasteiger partial charge >= 0.3 is 0 Å². The Kier molecular flexibility index (Phi) is 8.80. The lowest BCUT2D eigenvalue weighted by Crippen LogP contribution is -2.36. The number of carbonyl (C=O) groups is 3. The van der Waals surface area contributed by atoms with Crippen molar-refractivity contribution in [2.75, 3.05) is 63.4 Å². The first-order valence-electron chi connectivity index (χ1n) is 14.2. The zero-order chi connectivity index (χ0) is 29.6. The van der Waals surface area contributed by atoms with E-state index >= 15 is 0 Å². The molecular formula is C32H36N4O6. The highest BCUT2D eigenvalue weighted by atomic mass is 16.7. The summed E-state index contributed by atoms with van der Waals surface area (Å²) >= 11 is 0. The average Bonchev–Trinajstić information content (AvgIpc) is 3.36. The van der Waals surface area contributed by atoms with Crippen molar-refractivity contribution >= 4 is 29.1 Å². The minimum absolute atomic E-state index is 0.0273. The third-order valence-electron chi connectivity index (χ3n) is 7.63. The summed E-state index contributed by atoms with van der Waals surface area (Å²) in [6.45, 7) is 7.54. The Morgan fingerprint density at radius 3 is 2.33 bits per heavy atom. The van der Waals surface area contributed by atoms with Gasteiger partial charge in [-0.1, -0.05) is 0 Å². The van der Waals surface area contributed by atoms with Crippen LogP contribution in [0.1, 0.15) is 51.3 Å². The van der Waals surface area contributed by atoms with Gasteiger partial charge in [-0.25, -0.2) is 0 Å². The number of methoxy groups -OCH3 is 1. The lowest BCUT2D eigenvalue weighted by molar-refractivity contribution is 0.0760. The van der Waals surface area contributed by atoms with Crippen LogP contribution in [0.15, 0.2) is 60.7 Å². The first-order chi connectivity index (χ1) is 20.4. The Morgan fingerprint density at radius 2 is 1.60 bits per heavy atom. The fourth-order valence-electron chi connectivity index (χ4n) is 5.26. The van der Waals surface area contributed by atoms with Gasteiger partial charge in [-0.15, -0.1) is 0 Å². The normalized spacial score (nSPS) is 14.3. The van der Waals surface area contributed by atoms with Crippen molar-refractivity contribution in [1.82, 2.24) is 9.80 Å². The molecule has 0 atom stereocenters. The molecule has 0 saturated carbocycles. The molecule has 0 spiro atoms. The van der Waals surface area contributed by atoms with Gasteiger partial charge in [0.25, 0.3) is 17.7 Å². The van der Waals surface area contributed by atoms with Crippen molar-refractivity contribution in [3.63, 3.8) is 0 Å². The molecule has 10 nitrogen and oxygen atoms in total. The van der Waals surface area contributed by atoms with Crippen LogP contribution in [0.3, 0.4) is 0 Å². The number of fused-ring (bicyclic) bond motifs is 1. The number of anilines is 2. The molecule has 2 aliphatic heterocycles. The van der Waals surface area contributed by atoms with Crippen LogP contribution in [0, 0.1) is 0 Å². The Labute approximate surface area is 245 Å². The van der Waals surface area contributed by atoms with Crippen LogP contribution in [0.2, 0.25) is 0 Å². The van der Waals surface area contributed by atoms with Gasteiger partial charge in [0.2, 0.25) is 6.79 Å². The van der Waals surface area contributed by atoms with Crippen molar-refractivity contribution in [2.45, 2.75) is 20.3 Å². The smallest absolute Gasteiger partial charge is 0.256 e. The number of nitrogens with one attached hydrogen (secondary N) is 1. The van der Waals surface area contributed by atoms with E-state index in [9.17, 15) is 14.4 Å². The van der Waals surface area contributed by atoms with E-state index in [1.54, 1.807) is 60.5 Å². The number of rotatable bonds is 8. The van der Waals surface area contributed by atoms with E-state index < -0.39 is 0 Å². The summed E-state index contributed by atoms with van der Waals surface area (Å²) in [6.07, 6.45) is 0.753. The maximum absolute atomic E-state index is 13.7. The maximum atomic E-state index is 13.7. The van der Waals surface area contributed by atoms with Crippen molar-refractivity contribution in [2.24, 2.45) is 0 Å². The molecule has 220 valence electrons. The lowest BCUT2D eigenvalue weighted by atomic mass is 10.1. The number of nitrogens with zero attached hydrogens (tertiary/aromatic N) is 3. The molecule has 3 aromatic rings. The van der Waals surface area contributed by atoms with E-state index in [4.69, 9.17) is 14.2 Å². The van der Waals surface area contributed by atoms with Crippen molar-refractivity contribution < 1.29 is 28.6 Å². The molecule has 10 heteroatoms. The lowest BCUT2D eigenvalue weighted by Gasteiger charge is -2.28. The van der Waals surface area contributed by atoms with Crippen molar-refractivity contribution in [3.05, 3.63) is 77.4 Å². The second-order valence-corrected chi connectivity index (χ2v) is 10.1. The zero-order valence-electron chi connectivity index (χ0n) is 24.2. The summed E-state index contributed by atoms with van der Waals surface area (Å²) in [4.78, 5) is 45.7. The van der Waals surface area contributed by atoms with Gasteiger partial charge in [-0.2, -0.15) is 0 Å². The van der Waals surface area contributed by atoms with Crippen LogP contribution in [0.4, 0.5) is 11.4 Å². The monoisotopic (exact) mass is 572 g/mol. The molecule has 3 amide bonds. The number of ether oxygens (including phenoxy) is 3. The Bertz CT molecular complexity index is 1450. The molecule has 1 N–H and O–H groups in total. The SMILES string of the molecule is CCN(CC)C(=O)c1cc(NC(=O)c2ccc3c(c2)OCO3)ccc1N1CCCN(C(=O)c2ccc(OC)cc2)CC1. The van der Waals surface area contributed by atoms with Crippen LogP contribution < -0.4 is 24.4 Å². The van der Waals surface area contributed by atoms with Crippen molar-refractivity contribution in [3.8, 4) is 17.2 Å². The van der Waals surface area contributed by atoms with E-state index in [0.29, 0.717) is 78.9 Å². The van der Waals surface area contributed by atoms with Gasteiger partial charge in [0.05, 0.1) is 12.7 Å². The van der Waals surface area contributed by atoms with Gasteiger partial charge in [0.15, 0.2) is 11.5 Å². The molecular weight excluding hydrogens is 536 g/mol. The van der Waals surface area contributed by atoms with Crippen LogP contribution >= 0.6 is 0 Å². The van der Waals surface area contributed by atoms with Gasteiger partial charge in [0, 0.05) is 61.8 Å². The molecule has 5 rings (SSSR count). The first-order valence-corrected chi connectivity index (χ1v) is 14.2. The largest absolute Gasteiger partial charge is 0.497 e. The van der Waals surface area contributed by atoms with E-state index in [2.05, 4.69) is 10.2 Å². The molecule has 0 bridgehead atoms. The number of benzene rings is 3. The summed E-state index contributed by atoms with van der Waals surface area (Å²) in [5.41, 5.74) is 2.85. The minimum Gasteiger partial charge on any atom is -0.497 e. The van der Waals surface area contributed by atoms with Crippen LogP contribution in [0.25, 0.3) is 0 Å². The third kappa shape index (κ3) is 6.12. The van der Waals surface area contributed by atoms with E-state index in [1.165, 1.54) is 0 Å². The molecule has 0 unspecified atom stereocenters. The summed E-state index contributed by atoms with van der Waals surface area (Å²) < 4.78 is 16.0. The molecule has 2 heterocycles. The Balaban J connectivity index is 1.36. The van der Waals surface area contributed by atoms with Gasteiger partial charge in [-0.05, 0) is 80.9 Å². The number of hydrogen-bond acceptors (Lipinski definition) is 7. The molecule has 3 aromatic carbocycles. The molecule has 0 aromatic heterocycles. The zero-order valence-corrected chi connectivity index (χ0v) is 24.2. The maximum Gasteiger partial charge on any atom is 0.256 e. The second-order valence-electron chi connectivity index (χ2n) is 10.1. The topological polar surface area (TPSA) is 101 Å². The van der Waals surface area contributed by atoms with Gasteiger partial charge in [-0.3, -0.25) is 14.4 Å². The molecule has 0 aliphatic carbocycles. The van der Waals surface area contributed by atoms with E-state index in [0.717, 1.165) is 12.1 Å². The highest BCUT2D eigenvalue weighted by Crippen LogP contribution is 2.33. The molecule has 42 heavy (non-hydrogen) atoms. The predicted octanol–water partition coefficient (Wildman–Crippen LogP) is 4.51. The van der Waals surface area contributed by atoms with Crippen LogP contribution in [-0.4, -0.2) is 80.7 Å². The average molecular weight is 573 g/mol. The highest BCUT2D eigenvalue weighted by molar-refractivity contribution is 6.06. The first kappa shape index (κ1) is 28.8. The summed E-state index contributed by atoms with van der Waals surface area (Å²) in [6, 6.07) is 17.6. The Morgan fingerprint density at radius 1 is 0.857 bits per heavy atom. The molecule has 0 radical (unpaired) electrons. The van der Waals surface area contributed by atoms with Gasteiger partial charge < -0.3 is 34.2 Å². The number of carbonyl (C=O) groups excluding carboxylic acids is 3. The third-order valence-corrected chi connectivity index (χ3v) is 7.63.